The number of benzene rings is 1. The van der Waals surface area contributed by atoms with E-state index < -0.39 is 4.92 Å². The van der Waals surface area contributed by atoms with Crippen molar-refractivity contribution < 1.29 is 4.92 Å². The summed E-state index contributed by atoms with van der Waals surface area (Å²) >= 11 is 3.30. The zero-order chi connectivity index (χ0) is 13.0. The Morgan fingerprint density at radius 2 is 2.17 bits per heavy atom. The first-order valence-electron chi connectivity index (χ1n) is 5.10. The van der Waals surface area contributed by atoms with Gasteiger partial charge in [-0.3, -0.25) is 10.1 Å². The zero-order valence-electron chi connectivity index (χ0n) is 9.21. The van der Waals surface area contributed by atoms with E-state index in [1.54, 1.807) is 24.4 Å². The first kappa shape index (κ1) is 12.4. The summed E-state index contributed by atoms with van der Waals surface area (Å²) in [6, 6.07) is 6.59. The molecule has 0 fully saturated rings. The van der Waals surface area contributed by atoms with Gasteiger partial charge < -0.3 is 5.32 Å². The van der Waals surface area contributed by atoms with E-state index in [-0.39, 0.29) is 5.69 Å². The fourth-order valence-electron chi connectivity index (χ4n) is 1.46. The molecule has 0 aliphatic rings. The van der Waals surface area contributed by atoms with Crippen LogP contribution in [-0.2, 0) is 6.54 Å². The minimum Gasteiger partial charge on any atom is -0.365 e. The van der Waals surface area contributed by atoms with Crippen LogP contribution in [0, 0.1) is 10.1 Å². The first-order chi connectivity index (χ1) is 8.68. The molecule has 1 aromatic carbocycles. The molecule has 2 aromatic rings. The summed E-state index contributed by atoms with van der Waals surface area (Å²) in [5.41, 5.74) is 0.697. The number of rotatable bonds is 4. The van der Waals surface area contributed by atoms with E-state index in [0.29, 0.717) is 22.4 Å². The maximum Gasteiger partial charge on any atom is 0.274 e. The van der Waals surface area contributed by atoms with Crippen molar-refractivity contribution in [3.05, 3.63) is 56.9 Å². The molecule has 0 aliphatic heterocycles. The van der Waals surface area contributed by atoms with E-state index in [0.717, 1.165) is 0 Å². The highest BCUT2D eigenvalue weighted by molar-refractivity contribution is 9.10. The number of para-hydroxylation sites is 1. The van der Waals surface area contributed by atoms with Crippen molar-refractivity contribution >= 4 is 27.4 Å². The van der Waals surface area contributed by atoms with Crippen molar-refractivity contribution in [2.24, 2.45) is 0 Å². The number of hydrogen-bond acceptors (Lipinski definition) is 5. The smallest absolute Gasteiger partial charge is 0.274 e. The highest BCUT2D eigenvalue weighted by Gasteiger charge is 2.12. The highest BCUT2D eigenvalue weighted by atomic mass is 79.9. The molecule has 0 unspecified atom stereocenters. The van der Waals surface area contributed by atoms with Crippen molar-refractivity contribution in [3.63, 3.8) is 0 Å². The van der Waals surface area contributed by atoms with Crippen molar-refractivity contribution in [1.82, 2.24) is 9.97 Å². The van der Waals surface area contributed by atoms with Gasteiger partial charge in [0.15, 0.2) is 0 Å². The normalized spacial score (nSPS) is 10.1. The van der Waals surface area contributed by atoms with E-state index in [1.165, 1.54) is 12.4 Å². The molecule has 6 nitrogen and oxygen atoms in total. The molecule has 0 saturated heterocycles. The predicted octanol–water partition coefficient (Wildman–Crippen LogP) is 2.76. The molecule has 1 N–H and O–H groups in total. The minimum absolute atomic E-state index is 0.0928. The lowest BCUT2D eigenvalue weighted by atomic mass is 10.2. The quantitative estimate of drug-likeness (QED) is 0.694. The number of nitro benzene ring substituents is 1. The lowest BCUT2D eigenvalue weighted by Gasteiger charge is -2.07. The van der Waals surface area contributed by atoms with E-state index >= 15 is 0 Å². The highest BCUT2D eigenvalue weighted by Crippen LogP contribution is 2.21. The number of anilines is 1. The Morgan fingerprint density at radius 3 is 2.89 bits per heavy atom. The molecule has 0 saturated carbocycles. The van der Waals surface area contributed by atoms with Crippen LogP contribution in [0.2, 0.25) is 0 Å². The van der Waals surface area contributed by atoms with Crippen LogP contribution >= 0.6 is 15.9 Å². The molecule has 1 heterocycles. The summed E-state index contributed by atoms with van der Waals surface area (Å²) in [7, 11) is 0. The van der Waals surface area contributed by atoms with Crippen LogP contribution in [0.15, 0.2) is 41.3 Å². The van der Waals surface area contributed by atoms with Crippen LogP contribution in [0.5, 0.6) is 0 Å². The Bertz CT molecular complexity index is 576. The van der Waals surface area contributed by atoms with Crippen LogP contribution in [-0.4, -0.2) is 14.9 Å². The number of hydrogen-bond donors (Lipinski definition) is 1. The second-order valence-electron chi connectivity index (χ2n) is 3.46. The summed E-state index contributed by atoms with van der Waals surface area (Å²) in [5, 5.41) is 13.9. The number of nitrogens with one attached hydrogen (secondary N) is 1. The Morgan fingerprint density at radius 1 is 1.39 bits per heavy atom. The van der Waals surface area contributed by atoms with Crippen LogP contribution in [0.4, 0.5) is 11.5 Å². The number of nitro groups is 1. The molecule has 0 atom stereocenters. The van der Waals surface area contributed by atoms with E-state index in [4.69, 9.17) is 0 Å². The topological polar surface area (TPSA) is 81.0 Å². The molecular weight excluding hydrogens is 300 g/mol. The fourth-order valence-corrected chi connectivity index (χ4v) is 1.82. The number of halogens is 1. The lowest BCUT2D eigenvalue weighted by molar-refractivity contribution is -0.385. The Kier molecular flexibility index (Phi) is 3.83. The Hall–Kier alpha value is -2.02. The molecule has 0 bridgehead atoms. The summed E-state index contributed by atoms with van der Waals surface area (Å²) in [4.78, 5) is 18.3. The van der Waals surface area contributed by atoms with Gasteiger partial charge in [0.25, 0.3) is 5.69 Å². The SMILES string of the molecule is O=[N+]([O-])c1ccccc1CNc1ncncc1Br. The third-order valence-corrected chi connectivity index (χ3v) is 2.88. The summed E-state index contributed by atoms with van der Waals surface area (Å²) in [6.45, 7) is 0.326. The van der Waals surface area contributed by atoms with Gasteiger partial charge in [-0.1, -0.05) is 18.2 Å². The molecule has 2 rings (SSSR count). The van der Waals surface area contributed by atoms with Crippen molar-refractivity contribution in [2.45, 2.75) is 6.54 Å². The van der Waals surface area contributed by atoms with Gasteiger partial charge in [0.05, 0.1) is 9.40 Å². The third-order valence-electron chi connectivity index (χ3n) is 2.30. The summed E-state index contributed by atoms with van der Waals surface area (Å²) < 4.78 is 0.712. The van der Waals surface area contributed by atoms with E-state index in [9.17, 15) is 10.1 Å². The van der Waals surface area contributed by atoms with Gasteiger partial charge in [0.1, 0.15) is 12.1 Å². The molecule has 0 radical (unpaired) electrons. The largest absolute Gasteiger partial charge is 0.365 e. The third kappa shape index (κ3) is 2.80. The molecule has 7 heteroatoms. The predicted molar refractivity (Wildman–Crippen MR) is 70.2 cm³/mol. The molecule has 0 aliphatic carbocycles. The van der Waals surface area contributed by atoms with Gasteiger partial charge in [0.2, 0.25) is 0 Å². The summed E-state index contributed by atoms with van der Waals surface area (Å²) in [6.07, 6.45) is 3.02. The van der Waals surface area contributed by atoms with Crippen molar-refractivity contribution in [1.29, 1.82) is 0 Å². The number of aromatic nitrogens is 2. The van der Waals surface area contributed by atoms with Crippen molar-refractivity contribution in [3.8, 4) is 0 Å². The number of nitrogens with zero attached hydrogens (tertiary/aromatic N) is 3. The monoisotopic (exact) mass is 308 g/mol. The zero-order valence-corrected chi connectivity index (χ0v) is 10.8. The second kappa shape index (κ2) is 5.54. The molecule has 1 aromatic heterocycles. The average molecular weight is 309 g/mol. The van der Waals surface area contributed by atoms with Crippen molar-refractivity contribution in [2.75, 3.05) is 5.32 Å². The van der Waals surface area contributed by atoms with Crippen LogP contribution < -0.4 is 5.32 Å². The van der Waals surface area contributed by atoms with E-state index in [2.05, 4.69) is 31.2 Å². The second-order valence-corrected chi connectivity index (χ2v) is 4.31. The maximum atomic E-state index is 10.8. The van der Waals surface area contributed by atoms with Crippen LogP contribution in [0.3, 0.4) is 0 Å². The van der Waals surface area contributed by atoms with Gasteiger partial charge in [-0.15, -0.1) is 0 Å². The standard InChI is InChI=1S/C11H9BrN4O2/c12-9-6-13-7-15-11(9)14-5-8-3-1-2-4-10(8)16(17)18/h1-4,6-7H,5H2,(H,13,14,15). The summed E-state index contributed by atoms with van der Waals surface area (Å²) in [5.74, 6) is 0.600. The minimum atomic E-state index is -0.397. The Labute approximate surface area is 111 Å². The van der Waals surface area contributed by atoms with Gasteiger partial charge >= 0.3 is 0 Å². The fraction of sp³-hybridized carbons (Fsp3) is 0.0909. The van der Waals surface area contributed by atoms with Gasteiger partial charge in [-0.25, -0.2) is 9.97 Å². The molecule has 0 spiro atoms. The molecular formula is C11H9BrN4O2. The van der Waals surface area contributed by atoms with Gasteiger partial charge in [0, 0.05) is 24.4 Å². The van der Waals surface area contributed by atoms with E-state index in [1.807, 2.05) is 0 Å². The Balaban J connectivity index is 2.16. The van der Waals surface area contributed by atoms with Crippen LogP contribution in [0.1, 0.15) is 5.56 Å². The first-order valence-corrected chi connectivity index (χ1v) is 5.89. The molecule has 0 amide bonds. The van der Waals surface area contributed by atoms with Gasteiger partial charge in [-0.2, -0.15) is 0 Å². The average Bonchev–Trinajstić information content (AvgIpc) is 2.38. The molecule has 92 valence electrons. The van der Waals surface area contributed by atoms with Gasteiger partial charge in [-0.05, 0) is 15.9 Å². The van der Waals surface area contributed by atoms with Crippen LogP contribution in [0.25, 0.3) is 0 Å². The molecule has 18 heavy (non-hydrogen) atoms. The lowest BCUT2D eigenvalue weighted by Crippen LogP contribution is -2.04. The maximum absolute atomic E-state index is 10.8.